The normalized spacial score (nSPS) is 13.8. The minimum absolute atomic E-state index is 0.0731. The van der Waals surface area contributed by atoms with E-state index in [9.17, 15) is 0 Å². The summed E-state index contributed by atoms with van der Waals surface area (Å²) in [7, 11) is 0. The summed E-state index contributed by atoms with van der Waals surface area (Å²) >= 11 is 0. The van der Waals surface area contributed by atoms with Crippen molar-refractivity contribution in [2.24, 2.45) is 0 Å². The molecule has 0 aliphatic rings. The molecule has 0 radical (unpaired) electrons. The predicted octanol–water partition coefficient (Wildman–Crippen LogP) is 1.16. The monoisotopic (exact) mass is 178 g/mol. The van der Waals surface area contributed by atoms with E-state index >= 15 is 0 Å². The lowest BCUT2D eigenvalue weighted by molar-refractivity contribution is 0.305. The SMILES string of the molecule is C#CC(C)c1nnn(C(C)(C)C)n1. The number of tetrazole rings is 1. The van der Waals surface area contributed by atoms with Crippen molar-refractivity contribution in [3.8, 4) is 12.3 Å². The first-order valence-corrected chi connectivity index (χ1v) is 4.21. The molecule has 4 nitrogen and oxygen atoms in total. The van der Waals surface area contributed by atoms with Crippen LogP contribution in [0.2, 0.25) is 0 Å². The molecule has 0 aromatic carbocycles. The molecule has 1 rings (SSSR count). The van der Waals surface area contributed by atoms with E-state index in [0.717, 1.165) is 0 Å². The highest BCUT2D eigenvalue weighted by Gasteiger charge is 2.18. The molecule has 70 valence electrons. The van der Waals surface area contributed by atoms with E-state index in [4.69, 9.17) is 6.42 Å². The van der Waals surface area contributed by atoms with Gasteiger partial charge in [-0.15, -0.1) is 16.6 Å². The van der Waals surface area contributed by atoms with E-state index in [1.807, 2.05) is 27.7 Å². The fourth-order valence-electron chi connectivity index (χ4n) is 0.757. The van der Waals surface area contributed by atoms with Crippen LogP contribution < -0.4 is 0 Å². The highest BCUT2D eigenvalue weighted by molar-refractivity contribution is 5.07. The molecule has 1 atom stereocenters. The average molecular weight is 178 g/mol. The molecule has 0 aliphatic carbocycles. The fraction of sp³-hybridized carbons (Fsp3) is 0.667. The second-order valence-electron chi connectivity index (χ2n) is 4.00. The van der Waals surface area contributed by atoms with Crippen LogP contribution in [0.5, 0.6) is 0 Å². The Morgan fingerprint density at radius 1 is 1.46 bits per heavy atom. The van der Waals surface area contributed by atoms with Crippen LogP contribution in [0.3, 0.4) is 0 Å². The van der Waals surface area contributed by atoms with Crippen LogP contribution in [0.4, 0.5) is 0 Å². The van der Waals surface area contributed by atoms with Gasteiger partial charge in [-0.3, -0.25) is 0 Å². The van der Waals surface area contributed by atoms with Crippen molar-refractivity contribution in [3.63, 3.8) is 0 Å². The van der Waals surface area contributed by atoms with Crippen LogP contribution in [0.15, 0.2) is 0 Å². The molecule has 0 aliphatic heterocycles. The summed E-state index contributed by atoms with van der Waals surface area (Å²) in [6.07, 6.45) is 5.26. The highest BCUT2D eigenvalue weighted by Crippen LogP contribution is 2.12. The van der Waals surface area contributed by atoms with Crippen molar-refractivity contribution in [1.29, 1.82) is 0 Å². The molecule has 0 bridgehead atoms. The molecule has 0 saturated carbocycles. The molecule has 13 heavy (non-hydrogen) atoms. The van der Waals surface area contributed by atoms with Crippen molar-refractivity contribution >= 4 is 0 Å². The number of nitrogens with zero attached hydrogens (tertiary/aromatic N) is 4. The van der Waals surface area contributed by atoms with Crippen LogP contribution in [0.25, 0.3) is 0 Å². The zero-order chi connectivity index (χ0) is 10.1. The number of hydrogen-bond acceptors (Lipinski definition) is 3. The van der Waals surface area contributed by atoms with Crippen molar-refractivity contribution in [2.75, 3.05) is 0 Å². The molecule has 0 saturated heterocycles. The quantitative estimate of drug-likeness (QED) is 0.606. The topological polar surface area (TPSA) is 43.6 Å². The average Bonchev–Trinajstić information content (AvgIpc) is 2.50. The van der Waals surface area contributed by atoms with Crippen LogP contribution >= 0.6 is 0 Å². The molecular formula is C9H14N4. The van der Waals surface area contributed by atoms with Crippen LogP contribution in [0.1, 0.15) is 39.4 Å². The van der Waals surface area contributed by atoms with Gasteiger partial charge in [-0.05, 0) is 32.9 Å². The Balaban J connectivity index is 2.95. The lowest BCUT2D eigenvalue weighted by Crippen LogP contribution is -2.24. The Morgan fingerprint density at radius 3 is 2.46 bits per heavy atom. The first-order valence-electron chi connectivity index (χ1n) is 4.21. The molecular weight excluding hydrogens is 164 g/mol. The number of rotatable bonds is 1. The van der Waals surface area contributed by atoms with E-state index in [1.54, 1.807) is 4.80 Å². The standard InChI is InChI=1S/C9H14N4/c1-6-7(2)8-10-12-13(11-8)9(3,4)5/h1,7H,2-5H3. The molecule has 0 spiro atoms. The minimum Gasteiger partial charge on any atom is -0.159 e. The highest BCUT2D eigenvalue weighted by atomic mass is 15.6. The van der Waals surface area contributed by atoms with E-state index in [1.165, 1.54) is 0 Å². The molecule has 4 heteroatoms. The van der Waals surface area contributed by atoms with Gasteiger partial charge in [-0.1, -0.05) is 5.92 Å². The maximum atomic E-state index is 5.26. The first kappa shape index (κ1) is 9.72. The Bertz CT molecular complexity index is 326. The molecule has 0 amide bonds. The Kier molecular flexibility index (Phi) is 2.37. The van der Waals surface area contributed by atoms with Gasteiger partial charge in [-0.2, -0.15) is 4.80 Å². The van der Waals surface area contributed by atoms with Crippen LogP contribution in [0, 0.1) is 12.3 Å². The first-order chi connectivity index (χ1) is 5.95. The molecule has 1 aromatic rings. The summed E-state index contributed by atoms with van der Waals surface area (Å²) < 4.78 is 0. The third-order valence-corrected chi connectivity index (χ3v) is 1.67. The fourth-order valence-corrected chi connectivity index (χ4v) is 0.757. The van der Waals surface area contributed by atoms with Gasteiger partial charge in [0.1, 0.15) is 0 Å². The van der Waals surface area contributed by atoms with Crippen molar-refractivity contribution in [3.05, 3.63) is 5.82 Å². The van der Waals surface area contributed by atoms with E-state index in [-0.39, 0.29) is 11.5 Å². The summed E-state index contributed by atoms with van der Waals surface area (Å²) in [5, 5.41) is 12.0. The van der Waals surface area contributed by atoms with Gasteiger partial charge in [0.25, 0.3) is 0 Å². The van der Waals surface area contributed by atoms with Gasteiger partial charge < -0.3 is 0 Å². The Morgan fingerprint density at radius 2 is 2.08 bits per heavy atom. The molecule has 1 aromatic heterocycles. The van der Waals surface area contributed by atoms with Crippen LogP contribution in [-0.4, -0.2) is 20.2 Å². The zero-order valence-electron chi connectivity index (χ0n) is 8.44. The molecule has 0 fully saturated rings. The third kappa shape index (κ3) is 2.05. The van der Waals surface area contributed by atoms with Gasteiger partial charge in [0, 0.05) is 0 Å². The number of hydrogen-bond donors (Lipinski definition) is 0. The lowest BCUT2D eigenvalue weighted by atomic mass is 10.1. The second kappa shape index (κ2) is 3.17. The van der Waals surface area contributed by atoms with E-state index < -0.39 is 0 Å². The van der Waals surface area contributed by atoms with Crippen LogP contribution in [-0.2, 0) is 5.54 Å². The summed E-state index contributed by atoms with van der Waals surface area (Å²) in [5.41, 5.74) is -0.139. The molecule has 1 heterocycles. The van der Waals surface area contributed by atoms with Gasteiger partial charge in [0.15, 0.2) is 5.82 Å². The largest absolute Gasteiger partial charge is 0.189 e. The number of terminal acetylenes is 1. The summed E-state index contributed by atoms with van der Waals surface area (Å²) in [4.78, 5) is 1.58. The smallest absolute Gasteiger partial charge is 0.159 e. The second-order valence-corrected chi connectivity index (χ2v) is 4.00. The summed E-state index contributed by atoms with van der Waals surface area (Å²) in [6, 6.07) is 0. The summed E-state index contributed by atoms with van der Waals surface area (Å²) in [5.74, 6) is 3.10. The van der Waals surface area contributed by atoms with Crippen molar-refractivity contribution < 1.29 is 0 Å². The predicted molar refractivity (Wildman–Crippen MR) is 50.1 cm³/mol. The maximum absolute atomic E-state index is 5.26. The lowest BCUT2D eigenvalue weighted by Gasteiger charge is -2.15. The minimum atomic E-state index is -0.139. The third-order valence-electron chi connectivity index (χ3n) is 1.67. The van der Waals surface area contributed by atoms with Gasteiger partial charge >= 0.3 is 0 Å². The van der Waals surface area contributed by atoms with Crippen molar-refractivity contribution in [1.82, 2.24) is 20.2 Å². The van der Waals surface area contributed by atoms with Gasteiger partial charge in [-0.25, -0.2) is 0 Å². The summed E-state index contributed by atoms with van der Waals surface area (Å²) in [6.45, 7) is 7.92. The molecule has 1 unspecified atom stereocenters. The van der Waals surface area contributed by atoms with E-state index in [0.29, 0.717) is 5.82 Å². The van der Waals surface area contributed by atoms with E-state index in [2.05, 4.69) is 21.3 Å². The molecule has 0 N–H and O–H groups in total. The van der Waals surface area contributed by atoms with Gasteiger partial charge in [0.05, 0.1) is 11.5 Å². The maximum Gasteiger partial charge on any atom is 0.189 e. The zero-order valence-corrected chi connectivity index (χ0v) is 8.44. The Labute approximate surface area is 78.3 Å². The van der Waals surface area contributed by atoms with Gasteiger partial charge in [0.2, 0.25) is 0 Å². The number of aromatic nitrogens is 4. The Hall–Kier alpha value is -1.37. The van der Waals surface area contributed by atoms with Crippen molar-refractivity contribution in [2.45, 2.75) is 39.2 Å².